The Hall–Kier alpha value is -4.01. The number of carbonyl (C=O) groups is 1. The summed E-state index contributed by atoms with van der Waals surface area (Å²) in [5.74, 6) is 0.606. The third-order valence-electron chi connectivity index (χ3n) is 5.07. The smallest absolute Gasteiger partial charge is 0.247 e. The summed E-state index contributed by atoms with van der Waals surface area (Å²) in [6.07, 6.45) is 4.67. The highest BCUT2D eigenvalue weighted by Gasteiger charge is 2.12. The summed E-state index contributed by atoms with van der Waals surface area (Å²) in [6, 6.07) is 14.7. The van der Waals surface area contributed by atoms with Crippen LogP contribution < -0.4 is 15.4 Å². The van der Waals surface area contributed by atoms with Gasteiger partial charge in [0.15, 0.2) is 0 Å². The number of carbonyl (C=O) groups excluding carboxylic acids is 1. The molecule has 0 spiro atoms. The average molecular weight is 489 g/mol. The molecule has 2 aromatic heterocycles. The number of hydrogen-bond donors (Lipinski definition) is 2. The number of halogens is 1. The normalized spacial score (nSPS) is 10.9. The van der Waals surface area contributed by atoms with Crippen molar-refractivity contribution in [2.45, 2.75) is 0 Å². The first kappa shape index (κ1) is 24.1. The van der Waals surface area contributed by atoms with Crippen molar-refractivity contribution in [3.63, 3.8) is 0 Å². The monoisotopic (exact) mass is 488 g/mol. The number of hydrogen-bond acceptors (Lipinski definition) is 7. The molecule has 0 radical (unpaired) electrons. The van der Waals surface area contributed by atoms with Crippen LogP contribution in [0.3, 0.4) is 0 Å². The molecule has 9 heteroatoms. The number of fused-ring (bicyclic) bond motifs is 1. The van der Waals surface area contributed by atoms with E-state index >= 15 is 0 Å². The molecule has 0 saturated carbocycles. The lowest BCUT2D eigenvalue weighted by Crippen LogP contribution is -2.20. The van der Waals surface area contributed by atoms with E-state index in [9.17, 15) is 4.79 Å². The van der Waals surface area contributed by atoms with Gasteiger partial charge in [-0.3, -0.25) is 9.78 Å². The van der Waals surface area contributed by atoms with Crippen LogP contribution in [0.1, 0.15) is 0 Å². The Labute approximate surface area is 208 Å². The predicted octanol–water partition coefficient (Wildman–Crippen LogP) is 5.15. The first-order valence-corrected chi connectivity index (χ1v) is 11.3. The molecule has 0 aliphatic rings. The fourth-order valence-electron chi connectivity index (χ4n) is 3.35. The second kappa shape index (κ2) is 10.9. The van der Waals surface area contributed by atoms with Crippen LogP contribution in [0.4, 0.5) is 17.3 Å². The fraction of sp³-hybridized carbons (Fsp3) is 0.154. The largest absolute Gasteiger partial charge is 0.490 e. The average Bonchev–Trinajstić information content (AvgIpc) is 2.84. The molecule has 0 atom stereocenters. The van der Waals surface area contributed by atoms with Gasteiger partial charge in [-0.15, -0.1) is 0 Å². The van der Waals surface area contributed by atoms with Gasteiger partial charge < -0.3 is 20.3 Å². The van der Waals surface area contributed by atoms with Crippen LogP contribution >= 0.6 is 11.6 Å². The van der Waals surface area contributed by atoms with Gasteiger partial charge in [0.05, 0.1) is 11.4 Å². The van der Waals surface area contributed by atoms with Crippen LogP contribution in [0, 0.1) is 0 Å². The maximum atomic E-state index is 12.0. The lowest BCUT2D eigenvalue weighted by atomic mass is 10.1. The third kappa shape index (κ3) is 6.11. The number of pyridine rings is 1. The zero-order chi connectivity index (χ0) is 24.8. The maximum Gasteiger partial charge on any atom is 0.247 e. The second-order valence-electron chi connectivity index (χ2n) is 7.98. The van der Waals surface area contributed by atoms with Crippen molar-refractivity contribution < 1.29 is 9.53 Å². The maximum absolute atomic E-state index is 12.0. The van der Waals surface area contributed by atoms with Crippen molar-refractivity contribution in [2.24, 2.45) is 0 Å². The number of anilines is 3. The molecule has 0 bridgehead atoms. The van der Waals surface area contributed by atoms with Gasteiger partial charge in [-0.25, -0.2) is 9.97 Å². The highest BCUT2D eigenvalue weighted by molar-refractivity contribution is 6.30. The Balaban J connectivity index is 1.64. The quantitative estimate of drug-likeness (QED) is 0.314. The van der Waals surface area contributed by atoms with Crippen LogP contribution in [0.15, 0.2) is 73.6 Å². The molecule has 0 aliphatic heterocycles. The molecule has 35 heavy (non-hydrogen) atoms. The Morgan fingerprint density at radius 1 is 1.17 bits per heavy atom. The number of aromatic nitrogens is 3. The first-order valence-electron chi connectivity index (χ1n) is 10.9. The lowest BCUT2D eigenvalue weighted by molar-refractivity contribution is -0.111. The van der Waals surface area contributed by atoms with Gasteiger partial charge in [-0.1, -0.05) is 30.3 Å². The third-order valence-corrected chi connectivity index (χ3v) is 5.31. The van der Waals surface area contributed by atoms with E-state index in [1.807, 2.05) is 55.4 Å². The van der Waals surface area contributed by atoms with Gasteiger partial charge in [-0.2, -0.15) is 0 Å². The summed E-state index contributed by atoms with van der Waals surface area (Å²) >= 11 is 6.18. The molecular weight excluding hydrogens is 464 g/mol. The van der Waals surface area contributed by atoms with Crippen LogP contribution in [0.5, 0.6) is 5.75 Å². The second-order valence-corrected chi connectivity index (χ2v) is 8.42. The minimum absolute atomic E-state index is 0.334. The molecule has 0 saturated heterocycles. The van der Waals surface area contributed by atoms with Gasteiger partial charge in [0.1, 0.15) is 17.9 Å². The minimum atomic E-state index is -0.334. The van der Waals surface area contributed by atoms with E-state index in [2.05, 4.69) is 27.2 Å². The van der Waals surface area contributed by atoms with Crippen molar-refractivity contribution in [1.82, 2.24) is 19.9 Å². The number of amides is 1. The molecular formula is C26H25ClN6O2. The van der Waals surface area contributed by atoms with E-state index in [-0.39, 0.29) is 5.91 Å². The van der Waals surface area contributed by atoms with Crippen molar-refractivity contribution in [1.29, 1.82) is 0 Å². The van der Waals surface area contributed by atoms with Crippen molar-refractivity contribution in [3.8, 4) is 17.0 Å². The van der Waals surface area contributed by atoms with E-state index < -0.39 is 0 Å². The Morgan fingerprint density at radius 3 is 2.80 bits per heavy atom. The Morgan fingerprint density at radius 2 is 2.03 bits per heavy atom. The van der Waals surface area contributed by atoms with Crippen LogP contribution in [0.25, 0.3) is 22.2 Å². The number of nitrogens with zero attached hydrogens (tertiary/aromatic N) is 4. The molecule has 4 aromatic rings. The summed E-state index contributed by atoms with van der Waals surface area (Å²) in [4.78, 5) is 27.7. The van der Waals surface area contributed by atoms with E-state index in [1.165, 1.54) is 6.08 Å². The molecule has 1 amide bonds. The van der Waals surface area contributed by atoms with Crippen LogP contribution in [0.2, 0.25) is 5.02 Å². The number of benzene rings is 2. The highest BCUT2D eigenvalue weighted by Crippen LogP contribution is 2.31. The molecule has 0 fully saturated rings. The van der Waals surface area contributed by atoms with Crippen molar-refractivity contribution in [3.05, 3.63) is 78.6 Å². The first-order chi connectivity index (χ1) is 16.9. The van der Waals surface area contributed by atoms with Gasteiger partial charge >= 0.3 is 0 Å². The molecule has 2 aromatic carbocycles. The van der Waals surface area contributed by atoms with Crippen molar-refractivity contribution >= 4 is 45.7 Å². The van der Waals surface area contributed by atoms with Gasteiger partial charge in [-0.05, 0) is 56.6 Å². The number of likely N-dealkylation sites (N-methyl/N-ethyl adjacent to an activating group) is 1. The number of ether oxygens (including phenoxy) is 1. The standard InChI is InChI=1S/C26H25ClN6O2/c1-4-23(34)31-21-15-20(8-9-22(21)35-13-12-33(2)3)30-26-29-16-18-10-11-28-24(25(18)32-26)17-6-5-7-19(27)14-17/h4-11,14-16H,1,12-13H2,2-3H3,(H,31,34)(H,29,30,32). The molecule has 178 valence electrons. The number of rotatable bonds is 9. The zero-order valence-corrected chi connectivity index (χ0v) is 20.2. The predicted molar refractivity (Wildman–Crippen MR) is 140 cm³/mol. The Bertz CT molecular complexity index is 1380. The van der Waals surface area contributed by atoms with E-state index in [4.69, 9.17) is 21.3 Å². The fourth-order valence-corrected chi connectivity index (χ4v) is 3.54. The molecule has 0 aliphatic carbocycles. The van der Waals surface area contributed by atoms with E-state index in [0.29, 0.717) is 45.9 Å². The van der Waals surface area contributed by atoms with Gasteiger partial charge in [0, 0.05) is 40.6 Å². The molecule has 8 nitrogen and oxygen atoms in total. The lowest BCUT2D eigenvalue weighted by Gasteiger charge is -2.16. The summed E-state index contributed by atoms with van der Waals surface area (Å²) < 4.78 is 5.86. The topological polar surface area (TPSA) is 92.3 Å². The number of nitrogens with one attached hydrogen (secondary N) is 2. The summed E-state index contributed by atoms with van der Waals surface area (Å²) in [5, 5.41) is 7.47. The zero-order valence-electron chi connectivity index (χ0n) is 19.5. The van der Waals surface area contributed by atoms with Crippen molar-refractivity contribution in [2.75, 3.05) is 37.9 Å². The van der Waals surface area contributed by atoms with Crippen LogP contribution in [-0.4, -0.2) is 53.0 Å². The molecule has 0 unspecified atom stereocenters. The summed E-state index contributed by atoms with van der Waals surface area (Å²) in [7, 11) is 3.93. The molecule has 4 rings (SSSR count). The van der Waals surface area contributed by atoms with Gasteiger partial charge in [0.2, 0.25) is 11.9 Å². The van der Waals surface area contributed by atoms with Gasteiger partial charge in [0.25, 0.3) is 0 Å². The van der Waals surface area contributed by atoms with E-state index in [0.717, 1.165) is 17.5 Å². The highest BCUT2D eigenvalue weighted by atomic mass is 35.5. The summed E-state index contributed by atoms with van der Waals surface area (Å²) in [5.41, 5.74) is 3.45. The molecule has 2 heterocycles. The van der Waals surface area contributed by atoms with E-state index in [1.54, 1.807) is 24.5 Å². The molecule has 2 N–H and O–H groups in total. The SMILES string of the molecule is C=CC(=O)Nc1cc(Nc2ncc3ccnc(-c4cccc(Cl)c4)c3n2)ccc1OCCN(C)C. The Kier molecular flexibility index (Phi) is 7.54. The minimum Gasteiger partial charge on any atom is -0.490 e. The van der Waals surface area contributed by atoms with Crippen LogP contribution in [-0.2, 0) is 4.79 Å². The summed E-state index contributed by atoms with van der Waals surface area (Å²) in [6.45, 7) is 4.74.